The van der Waals surface area contributed by atoms with Crippen molar-refractivity contribution in [1.29, 1.82) is 0 Å². The third kappa shape index (κ3) is 6.19. The molecule has 1 amide bonds. The number of carbonyl (C=O) groups excluding carboxylic acids is 1. The van der Waals surface area contributed by atoms with Crippen molar-refractivity contribution in [2.75, 3.05) is 13.7 Å². The van der Waals surface area contributed by atoms with Crippen LogP contribution in [0.15, 0.2) is 42.5 Å². The van der Waals surface area contributed by atoms with Crippen molar-refractivity contribution in [1.82, 2.24) is 5.32 Å². The molecule has 2 aromatic carbocycles. The third-order valence-electron chi connectivity index (χ3n) is 4.21. The van der Waals surface area contributed by atoms with Crippen molar-refractivity contribution in [3.63, 3.8) is 0 Å². The summed E-state index contributed by atoms with van der Waals surface area (Å²) in [7, 11) is 1.29. The average molecular weight is 343 g/mol. The number of amides is 1. The fraction of sp³-hybridized carbons (Fsp3) is 0.400. The van der Waals surface area contributed by atoms with E-state index in [4.69, 9.17) is 9.84 Å². The van der Waals surface area contributed by atoms with Crippen LogP contribution in [-0.2, 0) is 20.7 Å². The van der Waals surface area contributed by atoms with Crippen LogP contribution in [0.3, 0.4) is 0 Å². The van der Waals surface area contributed by atoms with Crippen LogP contribution in [0.1, 0.15) is 31.2 Å². The quantitative estimate of drug-likeness (QED) is 0.650. The minimum absolute atomic E-state index is 0.150. The van der Waals surface area contributed by atoms with Crippen LogP contribution in [0.25, 0.3) is 10.8 Å². The summed E-state index contributed by atoms with van der Waals surface area (Å²) in [6.45, 7) is 0.562. The summed E-state index contributed by atoms with van der Waals surface area (Å²) >= 11 is 0. The summed E-state index contributed by atoms with van der Waals surface area (Å²) in [6, 6.07) is 14.9. The molecule has 5 nitrogen and oxygen atoms in total. The second-order valence-electron chi connectivity index (χ2n) is 6.11. The molecule has 0 saturated carbocycles. The van der Waals surface area contributed by atoms with E-state index in [1.807, 2.05) is 12.1 Å². The number of hydrogen-bond donors (Lipinski definition) is 2. The molecule has 0 heterocycles. The van der Waals surface area contributed by atoms with Gasteiger partial charge < -0.3 is 15.2 Å². The highest BCUT2D eigenvalue weighted by Crippen LogP contribution is 2.17. The van der Waals surface area contributed by atoms with Crippen LogP contribution in [0, 0.1) is 0 Å². The molecule has 1 unspecified atom stereocenters. The molecule has 0 saturated heterocycles. The molecule has 0 fully saturated rings. The minimum Gasteiger partial charge on any atom is -0.479 e. The first-order valence-electron chi connectivity index (χ1n) is 8.60. The van der Waals surface area contributed by atoms with Crippen LogP contribution >= 0.6 is 0 Å². The van der Waals surface area contributed by atoms with Crippen molar-refractivity contribution >= 4 is 22.6 Å². The van der Waals surface area contributed by atoms with Gasteiger partial charge in [0.05, 0.1) is 6.42 Å². The van der Waals surface area contributed by atoms with E-state index in [9.17, 15) is 9.59 Å². The molecule has 0 bridgehead atoms. The van der Waals surface area contributed by atoms with Crippen LogP contribution in [-0.4, -0.2) is 36.7 Å². The summed E-state index contributed by atoms with van der Waals surface area (Å²) in [5, 5.41) is 14.1. The van der Waals surface area contributed by atoms with Crippen LogP contribution in [0.4, 0.5) is 0 Å². The number of aryl methyl sites for hydroxylation is 1. The highest BCUT2D eigenvalue weighted by atomic mass is 16.5. The molecule has 0 radical (unpaired) electrons. The van der Waals surface area contributed by atoms with E-state index in [1.165, 1.54) is 23.4 Å². The first-order chi connectivity index (χ1) is 12.1. The van der Waals surface area contributed by atoms with Gasteiger partial charge in [-0.2, -0.15) is 0 Å². The van der Waals surface area contributed by atoms with E-state index in [1.54, 1.807) is 0 Å². The highest BCUT2D eigenvalue weighted by molar-refractivity contribution is 5.84. The standard InChI is InChI=1S/C20H25NO4/c1-25-18(20(23)24)14-19(22)21-12-6-2-3-7-15-10-11-16-8-4-5-9-17(16)13-15/h4-5,8-11,13,18H,2-3,6-7,12,14H2,1H3,(H,21,22)(H,23,24). The highest BCUT2D eigenvalue weighted by Gasteiger charge is 2.19. The summed E-state index contributed by atoms with van der Waals surface area (Å²) in [4.78, 5) is 22.4. The maximum absolute atomic E-state index is 11.6. The van der Waals surface area contributed by atoms with Gasteiger partial charge in [0, 0.05) is 13.7 Å². The molecule has 0 spiro atoms. The maximum Gasteiger partial charge on any atom is 0.333 e. The van der Waals surface area contributed by atoms with Gasteiger partial charge in [0.25, 0.3) is 0 Å². The number of fused-ring (bicyclic) bond motifs is 1. The Morgan fingerprint density at radius 3 is 2.56 bits per heavy atom. The number of unbranched alkanes of at least 4 members (excludes halogenated alkanes) is 2. The molecule has 0 aliphatic heterocycles. The van der Waals surface area contributed by atoms with Crippen LogP contribution < -0.4 is 5.32 Å². The first-order valence-corrected chi connectivity index (χ1v) is 8.60. The molecule has 25 heavy (non-hydrogen) atoms. The van der Waals surface area contributed by atoms with E-state index >= 15 is 0 Å². The lowest BCUT2D eigenvalue weighted by Gasteiger charge is -2.10. The molecule has 0 aromatic heterocycles. The molecule has 0 aliphatic rings. The topological polar surface area (TPSA) is 75.6 Å². The smallest absolute Gasteiger partial charge is 0.333 e. The Balaban J connectivity index is 1.62. The monoisotopic (exact) mass is 343 g/mol. The normalized spacial score (nSPS) is 12.0. The number of rotatable bonds is 10. The number of methoxy groups -OCH3 is 1. The lowest BCUT2D eigenvalue weighted by molar-refractivity contribution is -0.151. The van der Waals surface area contributed by atoms with Gasteiger partial charge in [0.15, 0.2) is 6.10 Å². The van der Waals surface area contributed by atoms with Gasteiger partial charge in [-0.3, -0.25) is 4.79 Å². The Kier molecular flexibility index (Phi) is 7.41. The zero-order valence-electron chi connectivity index (χ0n) is 14.5. The number of carboxylic acid groups (broad SMARTS) is 1. The first kappa shape index (κ1) is 18.9. The van der Waals surface area contributed by atoms with E-state index < -0.39 is 12.1 Å². The zero-order chi connectivity index (χ0) is 18.1. The Labute approximate surface area is 148 Å². The number of carboxylic acids is 1. The second kappa shape index (κ2) is 9.79. The van der Waals surface area contributed by atoms with E-state index in [0.29, 0.717) is 6.54 Å². The Morgan fingerprint density at radius 1 is 1.08 bits per heavy atom. The van der Waals surface area contributed by atoms with Crippen LogP contribution in [0.2, 0.25) is 0 Å². The maximum atomic E-state index is 11.6. The fourth-order valence-corrected chi connectivity index (χ4v) is 2.77. The number of benzene rings is 2. The molecule has 2 rings (SSSR count). The molecule has 0 aliphatic carbocycles. The van der Waals surface area contributed by atoms with Crippen molar-refractivity contribution < 1.29 is 19.4 Å². The van der Waals surface area contributed by atoms with E-state index in [-0.39, 0.29) is 12.3 Å². The summed E-state index contributed by atoms with van der Waals surface area (Å²) in [6.07, 6.45) is 2.74. The van der Waals surface area contributed by atoms with Crippen molar-refractivity contribution in [3.8, 4) is 0 Å². The summed E-state index contributed by atoms with van der Waals surface area (Å²) < 4.78 is 4.75. The lowest BCUT2D eigenvalue weighted by atomic mass is 10.0. The van der Waals surface area contributed by atoms with Gasteiger partial charge in [-0.15, -0.1) is 0 Å². The minimum atomic E-state index is -1.12. The molecule has 2 aromatic rings. The second-order valence-corrected chi connectivity index (χ2v) is 6.11. The molecule has 1 atom stereocenters. The Hall–Kier alpha value is -2.40. The largest absolute Gasteiger partial charge is 0.479 e. The van der Waals surface area contributed by atoms with Gasteiger partial charge in [-0.1, -0.05) is 48.9 Å². The van der Waals surface area contributed by atoms with Gasteiger partial charge in [0.1, 0.15) is 0 Å². The van der Waals surface area contributed by atoms with Crippen molar-refractivity contribution in [3.05, 3.63) is 48.0 Å². The van der Waals surface area contributed by atoms with Crippen molar-refractivity contribution in [2.45, 2.75) is 38.2 Å². The fourth-order valence-electron chi connectivity index (χ4n) is 2.77. The molecular formula is C20H25NO4. The number of hydrogen-bond acceptors (Lipinski definition) is 3. The number of aliphatic carboxylic acids is 1. The number of carbonyl (C=O) groups is 2. The summed E-state index contributed by atoms with van der Waals surface area (Å²) in [5.41, 5.74) is 1.33. The SMILES string of the molecule is COC(CC(=O)NCCCCCc1ccc2ccccc2c1)C(=O)O. The lowest BCUT2D eigenvalue weighted by Crippen LogP contribution is -2.32. The Morgan fingerprint density at radius 2 is 1.84 bits per heavy atom. The van der Waals surface area contributed by atoms with E-state index in [2.05, 4.69) is 35.6 Å². The zero-order valence-corrected chi connectivity index (χ0v) is 14.5. The molecule has 2 N–H and O–H groups in total. The van der Waals surface area contributed by atoms with E-state index in [0.717, 1.165) is 25.7 Å². The van der Waals surface area contributed by atoms with Crippen LogP contribution in [0.5, 0.6) is 0 Å². The predicted octanol–water partition coefficient (Wildman–Crippen LogP) is 3.16. The molecule has 5 heteroatoms. The van der Waals surface area contributed by atoms with Gasteiger partial charge >= 0.3 is 5.97 Å². The molecular weight excluding hydrogens is 318 g/mol. The number of nitrogens with one attached hydrogen (secondary N) is 1. The van der Waals surface area contributed by atoms with Gasteiger partial charge in [-0.05, 0) is 35.6 Å². The number of ether oxygens (including phenoxy) is 1. The Bertz CT molecular complexity index is 714. The molecule has 134 valence electrons. The van der Waals surface area contributed by atoms with Crippen molar-refractivity contribution in [2.24, 2.45) is 0 Å². The van der Waals surface area contributed by atoms with Gasteiger partial charge in [0.2, 0.25) is 5.91 Å². The predicted molar refractivity (Wildman–Crippen MR) is 97.6 cm³/mol. The third-order valence-corrected chi connectivity index (χ3v) is 4.21. The average Bonchev–Trinajstić information content (AvgIpc) is 2.62. The van der Waals surface area contributed by atoms with Gasteiger partial charge in [-0.25, -0.2) is 4.79 Å². The summed E-state index contributed by atoms with van der Waals surface area (Å²) in [5.74, 6) is -1.41.